The number of hydrogen-bond donors (Lipinski definition) is 1. The molecule has 3 aromatic rings. The molecule has 0 atom stereocenters. The fourth-order valence-corrected chi connectivity index (χ4v) is 4.73. The van der Waals surface area contributed by atoms with Crippen LogP contribution in [0.1, 0.15) is 27.8 Å². The summed E-state index contributed by atoms with van der Waals surface area (Å²) in [6.07, 6.45) is 3.62. The van der Waals surface area contributed by atoms with Crippen LogP contribution in [0.2, 0.25) is 0 Å². The molecular weight excluding hydrogens is 539 g/mol. The maximum absolute atomic E-state index is 13.3. The van der Waals surface area contributed by atoms with Crippen molar-refractivity contribution in [2.75, 3.05) is 4.90 Å². The first-order valence-corrected chi connectivity index (χ1v) is 12.3. The Morgan fingerprint density at radius 2 is 1.70 bits per heavy atom. The van der Waals surface area contributed by atoms with E-state index in [1.807, 2.05) is 19.9 Å². The third-order valence-corrected chi connectivity index (χ3v) is 6.27. The molecule has 1 N–H and O–H groups in total. The summed E-state index contributed by atoms with van der Waals surface area (Å²) in [5.41, 5.74) is 4.10. The van der Waals surface area contributed by atoms with Gasteiger partial charge in [0.05, 0.1) is 10.2 Å². The summed E-state index contributed by atoms with van der Waals surface area (Å²) in [4.78, 5) is 39.5. The molecule has 0 radical (unpaired) electrons. The van der Waals surface area contributed by atoms with Crippen molar-refractivity contribution >= 4 is 45.5 Å². The van der Waals surface area contributed by atoms with E-state index in [4.69, 9.17) is 4.74 Å². The van der Waals surface area contributed by atoms with Gasteiger partial charge in [0.25, 0.3) is 11.8 Å². The maximum atomic E-state index is 13.3. The van der Waals surface area contributed by atoms with Crippen molar-refractivity contribution in [3.63, 3.8) is 0 Å². The van der Waals surface area contributed by atoms with Gasteiger partial charge in [0.15, 0.2) is 0 Å². The van der Waals surface area contributed by atoms with E-state index >= 15 is 0 Å². The second-order valence-corrected chi connectivity index (χ2v) is 9.56. The Morgan fingerprint density at radius 1 is 1.03 bits per heavy atom. The summed E-state index contributed by atoms with van der Waals surface area (Å²) >= 11 is 3.52. The number of imide groups is 2. The van der Waals surface area contributed by atoms with Gasteiger partial charge in [-0.3, -0.25) is 14.9 Å². The fourth-order valence-electron chi connectivity index (χ4n) is 4.10. The summed E-state index contributed by atoms with van der Waals surface area (Å²) in [6.45, 7) is 7.75. The SMILES string of the molecule is C=CCc1cc(/C=C2\C(=O)NC(=O)N(c3cc(C)cc(C)c3)C2=O)cc(Br)c1OCc1ccc(F)cc1. The molecule has 188 valence electrons. The largest absolute Gasteiger partial charge is 0.487 e. The molecule has 0 saturated carbocycles. The Balaban J connectivity index is 1.67. The molecule has 0 bridgehead atoms. The third kappa shape index (κ3) is 5.86. The van der Waals surface area contributed by atoms with Gasteiger partial charge in [-0.25, -0.2) is 14.1 Å². The number of halogens is 2. The zero-order valence-electron chi connectivity index (χ0n) is 20.3. The molecule has 0 spiro atoms. The first kappa shape index (κ1) is 26.0. The number of urea groups is 1. The number of benzene rings is 3. The highest BCUT2D eigenvalue weighted by atomic mass is 79.9. The van der Waals surface area contributed by atoms with Crippen LogP contribution in [-0.2, 0) is 22.6 Å². The fraction of sp³-hybridized carbons (Fsp3) is 0.138. The van der Waals surface area contributed by atoms with Crippen molar-refractivity contribution in [1.29, 1.82) is 0 Å². The highest BCUT2D eigenvalue weighted by molar-refractivity contribution is 9.10. The summed E-state index contributed by atoms with van der Waals surface area (Å²) in [6, 6.07) is 14.1. The first-order chi connectivity index (χ1) is 17.7. The number of allylic oxidation sites excluding steroid dienone is 1. The molecule has 4 amide bonds. The standard InChI is InChI=1S/C29H24BrFN2O4/c1-4-5-21-13-20(15-25(30)26(21)37-16-19-6-8-22(31)9-7-19)14-24-27(34)32-29(36)33(28(24)35)23-11-17(2)10-18(3)12-23/h4,6-15H,1,5,16H2,2-3H3,(H,32,34,36)/b24-14+. The summed E-state index contributed by atoms with van der Waals surface area (Å²) < 4.78 is 19.8. The van der Waals surface area contributed by atoms with Crippen LogP contribution in [0.5, 0.6) is 5.75 Å². The van der Waals surface area contributed by atoms with Gasteiger partial charge < -0.3 is 4.74 Å². The van der Waals surface area contributed by atoms with Crippen molar-refractivity contribution in [3.05, 3.63) is 111 Å². The first-order valence-electron chi connectivity index (χ1n) is 11.5. The monoisotopic (exact) mass is 562 g/mol. The van der Waals surface area contributed by atoms with Gasteiger partial charge in [-0.15, -0.1) is 6.58 Å². The lowest BCUT2D eigenvalue weighted by Crippen LogP contribution is -2.54. The Hall–Kier alpha value is -4.04. The van der Waals surface area contributed by atoms with E-state index in [0.29, 0.717) is 27.9 Å². The van der Waals surface area contributed by atoms with Gasteiger partial charge in [0.2, 0.25) is 0 Å². The highest BCUT2D eigenvalue weighted by Gasteiger charge is 2.37. The van der Waals surface area contributed by atoms with Crippen molar-refractivity contribution in [2.24, 2.45) is 0 Å². The zero-order valence-corrected chi connectivity index (χ0v) is 21.9. The van der Waals surface area contributed by atoms with Crippen LogP contribution < -0.4 is 15.0 Å². The summed E-state index contributed by atoms with van der Waals surface area (Å²) in [7, 11) is 0. The second-order valence-electron chi connectivity index (χ2n) is 8.70. The third-order valence-electron chi connectivity index (χ3n) is 5.68. The minimum Gasteiger partial charge on any atom is -0.487 e. The number of hydrogen-bond acceptors (Lipinski definition) is 4. The smallest absolute Gasteiger partial charge is 0.335 e. The van der Waals surface area contributed by atoms with Crippen LogP contribution in [-0.4, -0.2) is 17.8 Å². The number of nitrogens with one attached hydrogen (secondary N) is 1. The maximum Gasteiger partial charge on any atom is 0.335 e. The summed E-state index contributed by atoms with van der Waals surface area (Å²) in [5, 5.41) is 2.26. The van der Waals surface area contributed by atoms with Gasteiger partial charge in [-0.05, 0) is 106 Å². The highest BCUT2D eigenvalue weighted by Crippen LogP contribution is 2.34. The number of aryl methyl sites for hydroxylation is 2. The molecule has 0 aromatic heterocycles. The molecule has 1 aliphatic heterocycles. The molecule has 0 unspecified atom stereocenters. The number of rotatable bonds is 7. The van der Waals surface area contributed by atoms with E-state index in [9.17, 15) is 18.8 Å². The predicted octanol–water partition coefficient (Wildman–Crippen LogP) is 6.18. The van der Waals surface area contributed by atoms with Crippen molar-refractivity contribution < 1.29 is 23.5 Å². The Morgan fingerprint density at radius 3 is 2.35 bits per heavy atom. The van der Waals surface area contributed by atoms with E-state index in [2.05, 4.69) is 27.8 Å². The van der Waals surface area contributed by atoms with E-state index < -0.39 is 17.8 Å². The molecule has 4 rings (SSSR count). The van der Waals surface area contributed by atoms with E-state index in [1.54, 1.807) is 42.5 Å². The van der Waals surface area contributed by atoms with Gasteiger partial charge in [0, 0.05) is 0 Å². The average Bonchev–Trinajstić information content (AvgIpc) is 2.82. The van der Waals surface area contributed by atoms with Gasteiger partial charge in [-0.2, -0.15) is 0 Å². The van der Waals surface area contributed by atoms with Crippen molar-refractivity contribution in [3.8, 4) is 5.75 Å². The summed E-state index contributed by atoms with van der Waals surface area (Å²) in [5.74, 6) is -1.24. The average molecular weight is 563 g/mol. The number of carbonyl (C=O) groups excluding carboxylic acids is 3. The van der Waals surface area contributed by atoms with Crippen LogP contribution in [0.25, 0.3) is 6.08 Å². The Bertz CT molecular complexity index is 1430. The normalized spacial score (nSPS) is 14.6. The molecule has 8 heteroatoms. The van der Waals surface area contributed by atoms with Crippen LogP contribution in [0.15, 0.2) is 77.3 Å². The number of amides is 4. The number of nitrogens with zero attached hydrogens (tertiary/aromatic N) is 1. The van der Waals surface area contributed by atoms with Crippen molar-refractivity contribution in [2.45, 2.75) is 26.9 Å². The number of barbiturate groups is 1. The van der Waals surface area contributed by atoms with Crippen LogP contribution in [0, 0.1) is 19.7 Å². The minimum atomic E-state index is -0.796. The molecule has 1 heterocycles. The molecule has 1 aliphatic rings. The minimum absolute atomic E-state index is 0.171. The van der Waals surface area contributed by atoms with Crippen molar-refractivity contribution in [1.82, 2.24) is 5.32 Å². The van der Waals surface area contributed by atoms with Crippen LogP contribution in [0.4, 0.5) is 14.9 Å². The van der Waals surface area contributed by atoms with Crippen LogP contribution >= 0.6 is 15.9 Å². The van der Waals surface area contributed by atoms with Gasteiger partial charge >= 0.3 is 6.03 Å². The molecule has 3 aromatic carbocycles. The lowest BCUT2D eigenvalue weighted by Gasteiger charge is -2.27. The molecule has 1 fully saturated rings. The predicted molar refractivity (Wildman–Crippen MR) is 144 cm³/mol. The quantitative estimate of drug-likeness (QED) is 0.212. The molecule has 37 heavy (non-hydrogen) atoms. The zero-order chi connectivity index (χ0) is 26.7. The van der Waals surface area contributed by atoms with E-state index in [0.717, 1.165) is 27.2 Å². The number of ether oxygens (including phenoxy) is 1. The Kier molecular flexibility index (Phi) is 7.69. The van der Waals surface area contributed by atoms with E-state index in [1.165, 1.54) is 18.2 Å². The van der Waals surface area contributed by atoms with Gasteiger partial charge in [-0.1, -0.05) is 24.3 Å². The van der Waals surface area contributed by atoms with Crippen LogP contribution in [0.3, 0.4) is 0 Å². The molecular formula is C29H24BrFN2O4. The molecule has 6 nitrogen and oxygen atoms in total. The van der Waals surface area contributed by atoms with E-state index in [-0.39, 0.29) is 18.0 Å². The lowest BCUT2D eigenvalue weighted by molar-refractivity contribution is -0.122. The second kappa shape index (κ2) is 10.9. The Labute approximate surface area is 222 Å². The topological polar surface area (TPSA) is 75.7 Å². The molecule has 1 saturated heterocycles. The lowest BCUT2D eigenvalue weighted by atomic mass is 10.0. The molecule has 0 aliphatic carbocycles. The van der Waals surface area contributed by atoms with Gasteiger partial charge in [0.1, 0.15) is 23.7 Å². The number of carbonyl (C=O) groups is 3. The number of anilines is 1.